The molecule has 1 unspecified atom stereocenters. The number of hydrogen-bond donors (Lipinski definition) is 2. The van der Waals surface area contributed by atoms with Crippen LogP contribution < -0.4 is 4.74 Å². The topological polar surface area (TPSA) is 70.0 Å². The number of benzene rings is 2. The van der Waals surface area contributed by atoms with Crippen LogP contribution in [0.1, 0.15) is 33.5 Å². The van der Waals surface area contributed by atoms with Gasteiger partial charge in [0, 0.05) is 13.1 Å². The summed E-state index contributed by atoms with van der Waals surface area (Å²) >= 11 is 0. The number of hydrogen-bond acceptors (Lipinski definition) is 4. The Kier molecular flexibility index (Phi) is 5.91. The van der Waals surface area contributed by atoms with Crippen molar-refractivity contribution in [3.63, 3.8) is 0 Å². The van der Waals surface area contributed by atoms with Crippen LogP contribution in [0.4, 0.5) is 0 Å². The Bertz CT molecular complexity index is 757. The van der Waals surface area contributed by atoms with Crippen molar-refractivity contribution in [1.82, 2.24) is 4.90 Å². The van der Waals surface area contributed by atoms with Crippen molar-refractivity contribution in [2.24, 2.45) is 5.92 Å². The summed E-state index contributed by atoms with van der Waals surface area (Å²) in [5.74, 6) is 0.0355. The molecule has 1 heterocycles. The molecule has 1 saturated heterocycles. The van der Waals surface area contributed by atoms with Gasteiger partial charge in [0.25, 0.3) is 0 Å². The number of aromatic carboxylic acids is 1. The third kappa shape index (κ3) is 4.42. The van der Waals surface area contributed by atoms with Crippen LogP contribution in [-0.4, -0.2) is 41.3 Å². The standard InChI is InChI=1S/C21H25NO4/c1-26-20-7-6-17(11-19(20)21(24)25)12-22-9-8-18(13-22)10-15-2-4-16(14-23)5-3-15/h2-7,11,18,23H,8-10,12-14H2,1H3,(H,24,25). The lowest BCUT2D eigenvalue weighted by atomic mass is 9.98. The molecule has 0 saturated carbocycles. The first kappa shape index (κ1) is 18.4. The minimum absolute atomic E-state index is 0.0810. The average molecular weight is 355 g/mol. The van der Waals surface area contributed by atoms with Crippen LogP contribution >= 0.6 is 0 Å². The summed E-state index contributed by atoms with van der Waals surface area (Å²) in [5, 5.41) is 18.4. The Morgan fingerprint density at radius 3 is 2.50 bits per heavy atom. The molecule has 0 radical (unpaired) electrons. The maximum absolute atomic E-state index is 11.4. The highest BCUT2D eigenvalue weighted by molar-refractivity contribution is 5.91. The van der Waals surface area contributed by atoms with Gasteiger partial charge in [0.1, 0.15) is 11.3 Å². The van der Waals surface area contributed by atoms with E-state index in [0.29, 0.717) is 11.7 Å². The molecular formula is C21H25NO4. The van der Waals surface area contributed by atoms with Crippen molar-refractivity contribution in [2.45, 2.75) is 26.0 Å². The molecule has 0 aromatic heterocycles. The lowest BCUT2D eigenvalue weighted by Crippen LogP contribution is -2.21. The molecule has 0 spiro atoms. The number of rotatable bonds is 7. The number of carbonyl (C=O) groups is 1. The largest absolute Gasteiger partial charge is 0.496 e. The number of carboxylic acids is 1. The van der Waals surface area contributed by atoms with Gasteiger partial charge in [-0.1, -0.05) is 30.3 Å². The SMILES string of the molecule is COc1ccc(CN2CCC(Cc3ccc(CO)cc3)C2)cc1C(=O)O. The van der Waals surface area contributed by atoms with Gasteiger partial charge in [0.15, 0.2) is 0 Å². The van der Waals surface area contributed by atoms with Gasteiger partial charge < -0.3 is 14.9 Å². The van der Waals surface area contributed by atoms with Gasteiger partial charge in [-0.25, -0.2) is 4.79 Å². The maximum atomic E-state index is 11.4. The van der Waals surface area contributed by atoms with Gasteiger partial charge in [-0.05, 0) is 54.1 Å². The first-order valence-electron chi connectivity index (χ1n) is 8.90. The van der Waals surface area contributed by atoms with Gasteiger partial charge in [-0.3, -0.25) is 4.90 Å². The summed E-state index contributed by atoms with van der Waals surface area (Å²) < 4.78 is 5.12. The predicted octanol–water partition coefficient (Wildman–Crippen LogP) is 2.95. The Morgan fingerprint density at radius 2 is 1.85 bits per heavy atom. The second-order valence-electron chi connectivity index (χ2n) is 6.91. The third-order valence-corrected chi connectivity index (χ3v) is 5.00. The van der Waals surface area contributed by atoms with Gasteiger partial charge in [0.05, 0.1) is 13.7 Å². The number of likely N-dealkylation sites (tertiary alicyclic amines) is 1. The molecule has 1 aliphatic heterocycles. The highest BCUT2D eigenvalue weighted by Gasteiger charge is 2.23. The van der Waals surface area contributed by atoms with E-state index in [1.54, 1.807) is 12.1 Å². The van der Waals surface area contributed by atoms with E-state index in [1.807, 2.05) is 18.2 Å². The van der Waals surface area contributed by atoms with Crippen LogP contribution in [0.25, 0.3) is 0 Å². The molecule has 2 aromatic rings. The van der Waals surface area contributed by atoms with Crippen molar-refractivity contribution >= 4 is 5.97 Å². The van der Waals surface area contributed by atoms with Crippen LogP contribution in [0.15, 0.2) is 42.5 Å². The zero-order chi connectivity index (χ0) is 18.5. The second kappa shape index (κ2) is 8.34. The van der Waals surface area contributed by atoms with Crippen molar-refractivity contribution in [3.05, 3.63) is 64.7 Å². The number of ether oxygens (including phenoxy) is 1. The van der Waals surface area contributed by atoms with Crippen molar-refractivity contribution < 1.29 is 19.7 Å². The van der Waals surface area contributed by atoms with Crippen LogP contribution in [-0.2, 0) is 19.6 Å². The molecule has 2 aromatic carbocycles. The first-order valence-corrected chi connectivity index (χ1v) is 8.90. The fourth-order valence-corrected chi connectivity index (χ4v) is 3.62. The highest BCUT2D eigenvalue weighted by Crippen LogP contribution is 2.25. The summed E-state index contributed by atoms with van der Waals surface area (Å²) in [6.45, 7) is 2.87. The molecule has 1 fully saturated rings. The number of methoxy groups -OCH3 is 1. The molecule has 0 bridgehead atoms. The van der Waals surface area contributed by atoms with Crippen molar-refractivity contribution in [2.75, 3.05) is 20.2 Å². The van der Waals surface area contributed by atoms with Gasteiger partial charge in [-0.15, -0.1) is 0 Å². The third-order valence-electron chi connectivity index (χ3n) is 5.00. The summed E-state index contributed by atoms with van der Waals surface area (Å²) in [7, 11) is 1.49. The van der Waals surface area contributed by atoms with E-state index in [2.05, 4.69) is 17.0 Å². The summed E-state index contributed by atoms with van der Waals surface area (Å²) in [6.07, 6.45) is 2.18. The Hall–Kier alpha value is -2.37. The minimum atomic E-state index is -0.964. The van der Waals surface area contributed by atoms with E-state index in [9.17, 15) is 9.90 Å². The molecule has 138 valence electrons. The summed E-state index contributed by atoms with van der Waals surface area (Å²) in [6, 6.07) is 13.5. The molecule has 1 aliphatic rings. The number of nitrogens with zero attached hydrogens (tertiary/aromatic N) is 1. The van der Waals surface area contributed by atoms with Crippen molar-refractivity contribution in [1.29, 1.82) is 0 Å². The van der Waals surface area contributed by atoms with Crippen molar-refractivity contribution in [3.8, 4) is 5.75 Å². The molecule has 2 N–H and O–H groups in total. The van der Waals surface area contributed by atoms with E-state index < -0.39 is 5.97 Å². The summed E-state index contributed by atoms with van der Waals surface area (Å²) in [5.41, 5.74) is 3.45. The first-order chi connectivity index (χ1) is 12.6. The van der Waals surface area contributed by atoms with Crippen LogP contribution in [0.5, 0.6) is 5.75 Å². The molecular weight excluding hydrogens is 330 g/mol. The number of carboxylic acid groups (broad SMARTS) is 1. The predicted molar refractivity (Wildman–Crippen MR) is 99.4 cm³/mol. The van der Waals surface area contributed by atoms with E-state index >= 15 is 0 Å². The van der Waals surface area contributed by atoms with Crippen LogP contribution in [0.2, 0.25) is 0 Å². The quantitative estimate of drug-likeness (QED) is 0.799. The Balaban J connectivity index is 1.58. The highest BCUT2D eigenvalue weighted by atomic mass is 16.5. The molecule has 3 rings (SSSR count). The fraction of sp³-hybridized carbons (Fsp3) is 0.381. The van der Waals surface area contributed by atoms with Gasteiger partial charge in [0.2, 0.25) is 0 Å². The zero-order valence-electron chi connectivity index (χ0n) is 15.0. The lowest BCUT2D eigenvalue weighted by molar-refractivity contribution is 0.0693. The van der Waals surface area contributed by atoms with E-state index in [4.69, 9.17) is 9.84 Å². The smallest absolute Gasteiger partial charge is 0.339 e. The van der Waals surface area contributed by atoms with Crippen LogP contribution in [0, 0.1) is 5.92 Å². The van der Waals surface area contributed by atoms with E-state index in [1.165, 1.54) is 12.7 Å². The zero-order valence-corrected chi connectivity index (χ0v) is 15.0. The van der Waals surface area contributed by atoms with Gasteiger partial charge >= 0.3 is 5.97 Å². The summed E-state index contributed by atoms with van der Waals surface area (Å²) in [4.78, 5) is 13.7. The monoisotopic (exact) mass is 355 g/mol. The Morgan fingerprint density at radius 1 is 1.15 bits per heavy atom. The second-order valence-corrected chi connectivity index (χ2v) is 6.91. The lowest BCUT2D eigenvalue weighted by Gasteiger charge is -2.17. The van der Waals surface area contributed by atoms with E-state index in [0.717, 1.165) is 43.6 Å². The molecule has 1 atom stereocenters. The number of aliphatic hydroxyl groups is 1. The maximum Gasteiger partial charge on any atom is 0.339 e. The molecule has 0 aliphatic carbocycles. The fourth-order valence-electron chi connectivity index (χ4n) is 3.62. The normalized spacial score (nSPS) is 17.4. The van der Waals surface area contributed by atoms with E-state index in [-0.39, 0.29) is 12.2 Å². The average Bonchev–Trinajstić information content (AvgIpc) is 3.09. The Labute approximate surface area is 153 Å². The molecule has 0 amide bonds. The number of aliphatic hydroxyl groups excluding tert-OH is 1. The molecule has 26 heavy (non-hydrogen) atoms. The minimum Gasteiger partial charge on any atom is -0.496 e. The van der Waals surface area contributed by atoms with Gasteiger partial charge in [-0.2, -0.15) is 0 Å². The molecule has 5 heteroatoms. The van der Waals surface area contributed by atoms with Crippen LogP contribution in [0.3, 0.4) is 0 Å². The molecule has 5 nitrogen and oxygen atoms in total.